The fraction of sp³-hybridized carbons (Fsp3) is 0.429. The average molecular weight is 327 g/mol. The van der Waals surface area contributed by atoms with E-state index in [9.17, 15) is 0 Å². The predicted octanol–water partition coefficient (Wildman–Crippen LogP) is 4.11. The number of hydrogen-bond acceptors (Lipinski definition) is 3. The van der Waals surface area contributed by atoms with E-state index in [1.807, 2.05) is 0 Å². The van der Waals surface area contributed by atoms with Crippen molar-refractivity contribution >= 4 is 0 Å². The highest BCUT2D eigenvalue weighted by atomic mass is 16.5. The fourth-order valence-corrected chi connectivity index (χ4v) is 3.12. The Morgan fingerprint density at radius 3 is 2.00 bits per heavy atom. The molecule has 1 unspecified atom stereocenters. The summed E-state index contributed by atoms with van der Waals surface area (Å²) in [4.78, 5) is 0. The minimum absolute atomic E-state index is 0.201. The first-order valence-electron chi connectivity index (χ1n) is 8.69. The van der Waals surface area contributed by atoms with Crippen LogP contribution in [0, 0.1) is 0 Å². The molecule has 0 aliphatic rings. The van der Waals surface area contributed by atoms with Crippen LogP contribution in [0.4, 0.5) is 0 Å². The molecular formula is C21H29NO2. The molecule has 0 aromatic heterocycles. The molecule has 2 aromatic carbocycles. The van der Waals surface area contributed by atoms with Crippen molar-refractivity contribution in [3.8, 4) is 11.5 Å². The molecule has 0 bridgehead atoms. The highest BCUT2D eigenvalue weighted by Gasteiger charge is 2.18. The van der Waals surface area contributed by atoms with E-state index >= 15 is 0 Å². The lowest BCUT2D eigenvalue weighted by Crippen LogP contribution is -2.17. The van der Waals surface area contributed by atoms with Crippen LogP contribution in [0.2, 0.25) is 0 Å². The molecule has 0 saturated heterocycles. The van der Waals surface area contributed by atoms with Crippen LogP contribution in [0.1, 0.15) is 42.0 Å². The molecule has 24 heavy (non-hydrogen) atoms. The van der Waals surface area contributed by atoms with Crippen molar-refractivity contribution in [2.24, 2.45) is 5.73 Å². The SMILES string of the molecule is CCc1ccc(OC)c(CC(CN)c2cc(CC)ccc2OC)c1. The van der Waals surface area contributed by atoms with Gasteiger partial charge in [-0.2, -0.15) is 0 Å². The van der Waals surface area contributed by atoms with Gasteiger partial charge in [-0.1, -0.05) is 38.1 Å². The predicted molar refractivity (Wildman–Crippen MR) is 100 cm³/mol. The number of methoxy groups -OCH3 is 2. The zero-order valence-electron chi connectivity index (χ0n) is 15.3. The molecule has 0 amide bonds. The quantitative estimate of drug-likeness (QED) is 0.793. The van der Waals surface area contributed by atoms with E-state index in [-0.39, 0.29) is 5.92 Å². The minimum atomic E-state index is 0.201. The van der Waals surface area contributed by atoms with Crippen LogP contribution in [0.3, 0.4) is 0 Å². The third-order valence-corrected chi connectivity index (χ3v) is 4.65. The molecule has 130 valence electrons. The van der Waals surface area contributed by atoms with Gasteiger partial charge in [0.25, 0.3) is 0 Å². The smallest absolute Gasteiger partial charge is 0.122 e. The Morgan fingerprint density at radius 2 is 1.46 bits per heavy atom. The van der Waals surface area contributed by atoms with E-state index in [0.29, 0.717) is 6.54 Å². The molecule has 0 spiro atoms. The maximum Gasteiger partial charge on any atom is 0.122 e. The zero-order valence-corrected chi connectivity index (χ0v) is 15.3. The number of rotatable bonds is 8. The summed E-state index contributed by atoms with van der Waals surface area (Å²) in [5.74, 6) is 2.04. The molecule has 0 heterocycles. The highest BCUT2D eigenvalue weighted by Crippen LogP contribution is 2.33. The van der Waals surface area contributed by atoms with Crippen molar-refractivity contribution in [2.75, 3.05) is 20.8 Å². The molecule has 2 N–H and O–H groups in total. The summed E-state index contributed by atoms with van der Waals surface area (Å²) >= 11 is 0. The molecule has 0 saturated carbocycles. The van der Waals surface area contributed by atoms with Gasteiger partial charge < -0.3 is 15.2 Å². The van der Waals surface area contributed by atoms with Crippen LogP contribution in [-0.4, -0.2) is 20.8 Å². The Kier molecular flexibility index (Phi) is 6.68. The van der Waals surface area contributed by atoms with Gasteiger partial charge in [-0.25, -0.2) is 0 Å². The van der Waals surface area contributed by atoms with Gasteiger partial charge in [-0.3, -0.25) is 0 Å². The summed E-state index contributed by atoms with van der Waals surface area (Å²) < 4.78 is 11.1. The number of aryl methyl sites for hydroxylation is 2. The average Bonchev–Trinajstić information content (AvgIpc) is 2.65. The summed E-state index contributed by atoms with van der Waals surface area (Å²) in [6.07, 6.45) is 2.86. The summed E-state index contributed by atoms with van der Waals surface area (Å²) in [6, 6.07) is 12.8. The lowest BCUT2D eigenvalue weighted by molar-refractivity contribution is 0.400. The Labute approximate surface area is 145 Å². The maximum absolute atomic E-state index is 6.13. The molecule has 0 radical (unpaired) electrons. The minimum Gasteiger partial charge on any atom is -0.496 e. The number of hydrogen-bond donors (Lipinski definition) is 1. The van der Waals surface area contributed by atoms with Crippen molar-refractivity contribution in [2.45, 2.75) is 39.0 Å². The van der Waals surface area contributed by atoms with E-state index < -0.39 is 0 Å². The van der Waals surface area contributed by atoms with Gasteiger partial charge >= 0.3 is 0 Å². The zero-order chi connectivity index (χ0) is 17.5. The van der Waals surface area contributed by atoms with Gasteiger partial charge in [0, 0.05) is 5.92 Å². The van der Waals surface area contributed by atoms with E-state index in [1.54, 1.807) is 14.2 Å². The first-order chi connectivity index (χ1) is 11.7. The first-order valence-corrected chi connectivity index (χ1v) is 8.69. The second-order valence-electron chi connectivity index (χ2n) is 6.07. The van der Waals surface area contributed by atoms with Crippen LogP contribution in [-0.2, 0) is 19.3 Å². The summed E-state index contributed by atoms with van der Waals surface area (Å²) in [6.45, 7) is 4.90. The van der Waals surface area contributed by atoms with E-state index in [0.717, 1.165) is 30.8 Å². The molecule has 2 rings (SSSR count). The van der Waals surface area contributed by atoms with E-state index in [2.05, 4.69) is 50.2 Å². The van der Waals surface area contributed by atoms with Crippen molar-refractivity contribution in [1.29, 1.82) is 0 Å². The van der Waals surface area contributed by atoms with Crippen molar-refractivity contribution < 1.29 is 9.47 Å². The fourth-order valence-electron chi connectivity index (χ4n) is 3.12. The van der Waals surface area contributed by atoms with E-state index in [1.165, 1.54) is 22.3 Å². The van der Waals surface area contributed by atoms with Crippen LogP contribution in [0.15, 0.2) is 36.4 Å². The van der Waals surface area contributed by atoms with Gasteiger partial charge in [-0.15, -0.1) is 0 Å². The monoisotopic (exact) mass is 327 g/mol. The van der Waals surface area contributed by atoms with Gasteiger partial charge in [0.2, 0.25) is 0 Å². The second-order valence-corrected chi connectivity index (χ2v) is 6.07. The standard InChI is InChI=1S/C21H29NO2/c1-5-15-7-9-20(23-3)17(11-15)13-18(14-22)19-12-16(6-2)8-10-21(19)24-4/h7-12,18H,5-6,13-14,22H2,1-4H3. The molecule has 0 aliphatic heterocycles. The number of benzene rings is 2. The Morgan fingerprint density at radius 1 is 0.875 bits per heavy atom. The van der Waals surface area contributed by atoms with Gasteiger partial charge in [0.1, 0.15) is 11.5 Å². The highest BCUT2D eigenvalue weighted by molar-refractivity contribution is 5.43. The van der Waals surface area contributed by atoms with Crippen LogP contribution in [0.25, 0.3) is 0 Å². The van der Waals surface area contributed by atoms with Crippen molar-refractivity contribution in [3.05, 3.63) is 58.7 Å². The first kappa shape index (κ1) is 18.3. The van der Waals surface area contributed by atoms with Gasteiger partial charge in [0.05, 0.1) is 14.2 Å². The van der Waals surface area contributed by atoms with Crippen LogP contribution >= 0.6 is 0 Å². The van der Waals surface area contributed by atoms with Crippen LogP contribution in [0.5, 0.6) is 11.5 Å². The lowest BCUT2D eigenvalue weighted by atomic mass is 9.89. The summed E-state index contributed by atoms with van der Waals surface area (Å²) in [5, 5.41) is 0. The maximum atomic E-state index is 6.13. The normalized spacial score (nSPS) is 12.0. The molecular weight excluding hydrogens is 298 g/mol. The Bertz CT molecular complexity index is 667. The van der Waals surface area contributed by atoms with E-state index in [4.69, 9.17) is 15.2 Å². The van der Waals surface area contributed by atoms with Gasteiger partial charge in [0.15, 0.2) is 0 Å². The molecule has 3 heteroatoms. The lowest BCUT2D eigenvalue weighted by Gasteiger charge is -2.21. The molecule has 2 aromatic rings. The third-order valence-electron chi connectivity index (χ3n) is 4.65. The second kappa shape index (κ2) is 8.74. The topological polar surface area (TPSA) is 44.5 Å². The molecule has 0 fully saturated rings. The Balaban J connectivity index is 2.39. The Hall–Kier alpha value is -2.00. The molecule has 0 aliphatic carbocycles. The van der Waals surface area contributed by atoms with Crippen molar-refractivity contribution in [3.63, 3.8) is 0 Å². The van der Waals surface area contributed by atoms with Crippen molar-refractivity contribution in [1.82, 2.24) is 0 Å². The number of nitrogens with two attached hydrogens (primary N) is 1. The molecule has 1 atom stereocenters. The molecule has 3 nitrogen and oxygen atoms in total. The summed E-state index contributed by atoms with van der Waals surface area (Å²) in [7, 11) is 3.44. The van der Waals surface area contributed by atoms with Crippen LogP contribution < -0.4 is 15.2 Å². The number of ether oxygens (including phenoxy) is 2. The third kappa shape index (κ3) is 4.09. The van der Waals surface area contributed by atoms with Gasteiger partial charge in [-0.05, 0) is 60.2 Å². The largest absolute Gasteiger partial charge is 0.496 e. The summed E-state index contributed by atoms with van der Waals surface area (Å²) in [5.41, 5.74) is 11.1.